The van der Waals surface area contributed by atoms with Crippen molar-refractivity contribution in [1.82, 2.24) is 9.80 Å². The van der Waals surface area contributed by atoms with Crippen LogP contribution in [0.2, 0.25) is 0 Å². The number of rotatable bonds is 11. The van der Waals surface area contributed by atoms with Crippen LogP contribution in [0.5, 0.6) is 5.75 Å². The maximum atomic E-state index is 12.5. The van der Waals surface area contributed by atoms with Crippen LogP contribution in [-0.4, -0.2) is 69.1 Å². The highest BCUT2D eigenvalue weighted by Gasteiger charge is 2.16. The minimum Gasteiger partial charge on any atom is -0.484 e. The largest absolute Gasteiger partial charge is 0.484 e. The fourth-order valence-electron chi connectivity index (χ4n) is 2.33. The van der Waals surface area contributed by atoms with Crippen molar-refractivity contribution in [2.24, 2.45) is 0 Å². The van der Waals surface area contributed by atoms with Crippen LogP contribution in [0.3, 0.4) is 0 Å². The van der Waals surface area contributed by atoms with E-state index in [1.807, 2.05) is 38.4 Å². The number of carbonyl (C=O) groups is 2. The average molecular weight is 350 g/mol. The van der Waals surface area contributed by atoms with Crippen molar-refractivity contribution in [2.75, 3.05) is 47.4 Å². The Bertz CT molecular complexity index is 529. The van der Waals surface area contributed by atoms with Crippen molar-refractivity contribution in [2.45, 2.75) is 26.2 Å². The summed E-state index contributed by atoms with van der Waals surface area (Å²) in [5, 5.41) is 0. The molecule has 0 N–H and O–H groups in total. The highest BCUT2D eigenvalue weighted by molar-refractivity contribution is 5.78. The Kier molecular flexibility index (Phi) is 9.62. The Morgan fingerprint density at radius 1 is 1.04 bits per heavy atom. The Morgan fingerprint density at radius 2 is 1.72 bits per heavy atom. The molecule has 0 aliphatic rings. The lowest BCUT2D eigenvalue weighted by Gasteiger charge is -2.23. The molecule has 6 nitrogen and oxygen atoms in total. The van der Waals surface area contributed by atoms with Gasteiger partial charge in [-0.2, -0.15) is 0 Å². The predicted octanol–water partition coefficient (Wildman–Crippen LogP) is 1.97. The number of amides is 1. The van der Waals surface area contributed by atoms with Gasteiger partial charge in [-0.15, -0.1) is 0 Å². The molecule has 0 fully saturated rings. The van der Waals surface area contributed by atoms with E-state index >= 15 is 0 Å². The summed E-state index contributed by atoms with van der Waals surface area (Å²) in [6, 6.07) is 7.73. The summed E-state index contributed by atoms with van der Waals surface area (Å²) in [7, 11) is 5.33. The first-order valence-corrected chi connectivity index (χ1v) is 8.67. The number of benzene rings is 1. The SMILES string of the molecule is CCc1ccc(OCC(=O)N(CCCN(C)C)CCC(=O)OC)cc1. The molecular formula is C19H30N2O4. The van der Waals surface area contributed by atoms with Gasteiger partial charge < -0.3 is 19.3 Å². The number of esters is 1. The number of aryl methyl sites for hydroxylation is 1. The molecule has 0 aromatic heterocycles. The topological polar surface area (TPSA) is 59.1 Å². The Labute approximate surface area is 150 Å². The van der Waals surface area contributed by atoms with Crippen LogP contribution in [-0.2, 0) is 20.7 Å². The van der Waals surface area contributed by atoms with Crippen LogP contribution >= 0.6 is 0 Å². The van der Waals surface area contributed by atoms with Gasteiger partial charge in [-0.05, 0) is 51.2 Å². The van der Waals surface area contributed by atoms with Gasteiger partial charge in [0.1, 0.15) is 5.75 Å². The number of methoxy groups -OCH3 is 1. The van der Waals surface area contributed by atoms with E-state index in [0.29, 0.717) is 18.8 Å². The van der Waals surface area contributed by atoms with Crippen LogP contribution in [0.25, 0.3) is 0 Å². The summed E-state index contributed by atoms with van der Waals surface area (Å²) in [6.07, 6.45) is 1.99. The van der Waals surface area contributed by atoms with Gasteiger partial charge in [-0.3, -0.25) is 9.59 Å². The first-order chi connectivity index (χ1) is 12.0. The molecule has 1 rings (SSSR count). The van der Waals surface area contributed by atoms with E-state index in [-0.39, 0.29) is 24.9 Å². The first-order valence-electron chi connectivity index (χ1n) is 8.67. The molecule has 0 heterocycles. The zero-order valence-corrected chi connectivity index (χ0v) is 15.8. The van der Waals surface area contributed by atoms with Gasteiger partial charge in [0.05, 0.1) is 13.5 Å². The summed E-state index contributed by atoms with van der Waals surface area (Å²) in [5.41, 5.74) is 1.22. The molecule has 6 heteroatoms. The van der Waals surface area contributed by atoms with Crippen LogP contribution in [0.15, 0.2) is 24.3 Å². The third-order valence-corrected chi connectivity index (χ3v) is 3.89. The molecule has 0 unspecified atom stereocenters. The molecule has 0 saturated carbocycles. The molecule has 0 aliphatic carbocycles. The molecule has 1 aromatic carbocycles. The van der Waals surface area contributed by atoms with Crippen molar-refractivity contribution in [3.8, 4) is 5.75 Å². The average Bonchev–Trinajstić information content (AvgIpc) is 2.62. The third-order valence-electron chi connectivity index (χ3n) is 3.89. The molecule has 140 valence electrons. The normalized spacial score (nSPS) is 10.6. The van der Waals surface area contributed by atoms with Crippen LogP contribution < -0.4 is 4.74 Å². The summed E-state index contributed by atoms with van der Waals surface area (Å²) < 4.78 is 10.2. The zero-order chi connectivity index (χ0) is 18.7. The second kappa shape index (κ2) is 11.5. The molecule has 0 saturated heterocycles. The number of carbonyl (C=O) groups excluding carboxylic acids is 2. The van der Waals surface area contributed by atoms with Crippen molar-refractivity contribution in [3.63, 3.8) is 0 Å². The summed E-state index contributed by atoms with van der Waals surface area (Å²) >= 11 is 0. The van der Waals surface area contributed by atoms with Gasteiger partial charge in [0.15, 0.2) is 6.61 Å². The van der Waals surface area contributed by atoms with E-state index < -0.39 is 0 Å². The third kappa shape index (κ3) is 8.54. The van der Waals surface area contributed by atoms with Gasteiger partial charge in [0.2, 0.25) is 0 Å². The minimum absolute atomic E-state index is 0.0331. The lowest BCUT2D eigenvalue weighted by molar-refractivity contribution is -0.142. The highest BCUT2D eigenvalue weighted by Crippen LogP contribution is 2.12. The van der Waals surface area contributed by atoms with E-state index in [2.05, 4.69) is 16.6 Å². The van der Waals surface area contributed by atoms with Gasteiger partial charge >= 0.3 is 5.97 Å². The summed E-state index contributed by atoms with van der Waals surface area (Å²) in [5.74, 6) is 0.232. The molecule has 0 spiro atoms. The van der Waals surface area contributed by atoms with Crippen molar-refractivity contribution in [3.05, 3.63) is 29.8 Å². The lowest BCUT2D eigenvalue weighted by atomic mass is 10.2. The fraction of sp³-hybridized carbons (Fsp3) is 0.579. The predicted molar refractivity (Wildman–Crippen MR) is 97.7 cm³/mol. The van der Waals surface area contributed by atoms with Crippen molar-refractivity contribution < 1.29 is 19.1 Å². The number of hydrogen-bond acceptors (Lipinski definition) is 5. The van der Waals surface area contributed by atoms with Gasteiger partial charge in [-0.25, -0.2) is 0 Å². The Morgan fingerprint density at radius 3 is 2.28 bits per heavy atom. The second-order valence-corrected chi connectivity index (χ2v) is 6.15. The standard InChI is InChI=1S/C19H30N2O4/c1-5-16-7-9-17(10-8-16)25-15-18(22)21(13-6-12-20(2)3)14-11-19(23)24-4/h7-10H,5-6,11-15H2,1-4H3. The Balaban J connectivity index is 2.54. The van der Waals surface area contributed by atoms with Crippen LogP contribution in [0.1, 0.15) is 25.3 Å². The molecular weight excluding hydrogens is 320 g/mol. The Hall–Kier alpha value is -2.08. The van der Waals surface area contributed by atoms with Gasteiger partial charge in [0.25, 0.3) is 5.91 Å². The second-order valence-electron chi connectivity index (χ2n) is 6.15. The molecule has 25 heavy (non-hydrogen) atoms. The lowest BCUT2D eigenvalue weighted by Crippen LogP contribution is -2.38. The monoisotopic (exact) mass is 350 g/mol. The molecule has 1 amide bonds. The quantitative estimate of drug-likeness (QED) is 0.571. The molecule has 0 bridgehead atoms. The van der Waals surface area contributed by atoms with Gasteiger partial charge in [-0.1, -0.05) is 19.1 Å². The van der Waals surface area contributed by atoms with Crippen LogP contribution in [0, 0.1) is 0 Å². The van der Waals surface area contributed by atoms with Crippen molar-refractivity contribution in [1.29, 1.82) is 0 Å². The number of hydrogen-bond donors (Lipinski definition) is 0. The van der Waals surface area contributed by atoms with Crippen molar-refractivity contribution >= 4 is 11.9 Å². The number of nitrogens with zero attached hydrogens (tertiary/aromatic N) is 2. The van der Waals surface area contributed by atoms with E-state index in [1.165, 1.54) is 12.7 Å². The summed E-state index contributed by atoms with van der Waals surface area (Å²) in [6.45, 7) is 3.87. The number of ether oxygens (including phenoxy) is 2. The van der Waals surface area contributed by atoms with E-state index in [4.69, 9.17) is 4.74 Å². The molecule has 0 radical (unpaired) electrons. The first kappa shape index (κ1) is 21.0. The summed E-state index contributed by atoms with van der Waals surface area (Å²) in [4.78, 5) is 27.5. The molecule has 1 aromatic rings. The van der Waals surface area contributed by atoms with E-state index in [9.17, 15) is 9.59 Å². The van der Waals surface area contributed by atoms with Crippen LogP contribution in [0.4, 0.5) is 0 Å². The maximum Gasteiger partial charge on any atom is 0.307 e. The molecule has 0 atom stereocenters. The van der Waals surface area contributed by atoms with E-state index in [1.54, 1.807) is 4.90 Å². The van der Waals surface area contributed by atoms with Gasteiger partial charge in [0, 0.05) is 13.1 Å². The highest BCUT2D eigenvalue weighted by atomic mass is 16.5. The maximum absolute atomic E-state index is 12.5. The smallest absolute Gasteiger partial charge is 0.307 e. The minimum atomic E-state index is -0.318. The zero-order valence-electron chi connectivity index (χ0n) is 15.8. The molecule has 0 aliphatic heterocycles. The fourth-order valence-corrected chi connectivity index (χ4v) is 2.33. The van der Waals surface area contributed by atoms with E-state index in [0.717, 1.165) is 19.4 Å².